The lowest BCUT2D eigenvalue weighted by Gasteiger charge is -2.05. The molecule has 29 nitrogen and oxygen atoms in total. The van der Waals surface area contributed by atoms with E-state index >= 15 is 0 Å². The van der Waals surface area contributed by atoms with Crippen molar-refractivity contribution in [3.63, 3.8) is 0 Å². The number of carboxylic acid groups (broad SMARTS) is 1. The van der Waals surface area contributed by atoms with Gasteiger partial charge >= 0.3 is 5.97 Å². The van der Waals surface area contributed by atoms with Gasteiger partial charge in [0.1, 0.15) is 51.2 Å². The average Bonchev–Trinajstić information content (AvgIpc) is 1.64. The van der Waals surface area contributed by atoms with Gasteiger partial charge in [0, 0.05) is 212 Å². The second-order valence-electron chi connectivity index (χ2n) is 36.8. The summed E-state index contributed by atoms with van der Waals surface area (Å²) < 4.78 is 42.2. The molecule has 764 valence electrons. The monoisotopic (exact) mass is 2090 g/mol. The number of hydrogen-bond acceptors (Lipinski definition) is 25. The summed E-state index contributed by atoms with van der Waals surface area (Å²) in [5.41, 5.74) is 33.6. The number of carboxylic acids is 1. The zero-order valence-electron chi connectivity index (χ0n) is 86.3. The second kappa shape index (κ2) is 52.8. The summed E-state index contributed by atoms with van der Waals surface area (Å²) in [7, 11) is 0. The molecule has 18 aromatic rings. The molecule has 15 aromatic heterocycles. The van der Waals surface area contributed by atoms with Gasteiger partial charge in [-0.2, -0.15) is 0 Å². The quantitative estimate of drug-likeness (QED) is 0.0224. The summed E-state index contributed by atoms with van der Waals surface area (Å²) in [6.45, 7) is 32.8. The van der Waals surface area contributed by atoms with Crippen LogP contribution in [0.1, 0.15) is 273 Å². The minimum absolute atomic E-state index is 0.0137. The van der Waals surface area contributed by atoms with E-state index < -0.39 is 17.6 Å². The summed E-state index contributed by atoms with van der Waals surface area (Å²) in [5.74, 6) is 0.790. The lowest BCUT2D eigenvalue weighted by Crippen LogP contribution is -2.05. The number of aromatic amines is 3. The van der Waals surface area contributed by atoms with Crippen LogP contribution in [0.4, 0.5) is 19.1 Å². The van der Waals surface area contributed by atoms with Crippen molar-refractivity contribution in [1.82, 2.24) is 105 Å². The molecule has 0 spiro atoms. The van der Waals surface area contributed by atoms with Gasteiger partial charge in [-0.1, -0.05) is 11.6 Å². The van der Waals surface area contributed by atoms with Crippen LogP contribution < -0.4 is 5.73 Å². The molecule has 0 aliphatic heterocycles. The van der Waals surface area contributed by atoms with E-state index in [-0.39, 0.29) is 46.2 Å². The molecule has 15 heterocycles. The molecular formula is C115H117BrClF3N22O7. The average molecular weight is 2090 g/mol. The van der Waals surface area contributed by atoms with E-state index in [1.54, 1.807) is 61.7 Å². The molecule has 34 heteroatoms. The number of nitrogens with two attached hydrogens (primary N) is 1. The van der Waals surface area contributed by atoms with E-state index in [1.807, 2.05) is 181 Å². The van der Waals surface area contributed by atoms with Gasteiger partial charge in [-0.05, 0) is 337 Å². The first-order chi connectivity index (χ1) is 71.0. The van der Waals surface area contributed by atoms with Gasteiger partial charge in [-0.15, -0.1) is 0 Å². The molecule has 0 unspecified atom stereocenters. The Labute approximate surface area is 875 Å². The Bertz CT molecular complexity index is 7370. The first-order valence-electron chi connectivity index (χ1n) is 48.3. The Hall–Kier alpha value is -16.2. The van der Waals surface area contributed by atoms with Crippen molar-refractivity contribution < 1.29 is 47.0 Å². The number of Topliss-reactive ketones (excluding diaryl/α,β-unsaturated/α-hetero) is 5. The molecule has 0 atom stereocenters. The summed E-state index contributed by atoms with van der Waals surface area (Å²) in [5, 5.41) is 12.0. The number of carbonyl (C=O) groups excluding carboxylic acids is 5. The molecule has 0 radical (unpaired) electrons. The number of carbonyl (C=O) groups is 6. The highest BCUT2D eigenvalue weighted by atomic mass is 79.9. The van der Waals surface area contributed by atoms with Crippen molar-refractivity contribution in [2.45, 2.75) is 208 Å². The van der Waals surface area contributed by atoms with Crippen LogP contribution in [-0.4, -0.2) is 145 Å². The largest absolute Gasteiger partial charge is 0.478 e. The summed E-state index contributed by atoms with van der Waals surface area (Å²) in [4.78, 5) is 156. The lowest BCUT2D eigenvalue weighted by molar-refractivity contribution is 0.0694. The minimum atomic E-state index is -1.02. The minimum Gasteiger partial charge on any atom is -0.478 e. The van der Waals surface area contributed by atoms with Gasteiger partial charge in [-0.3, -0.25) is 48.9 Å². The summed E-state index contributed by atoms with van der Waals surface area (Å²) in [6.07, 6.45) is 26.0. The zero-order chi connectivity index (χ0) is 107. The Morgan fingerprint density at radius 3 is 0.926 bits per heavy atom. The van der Waals surface area contributed by atoms with Crippen molar-refractivity contribution in [2.24, 2.45) is 0 Å². The number of aryl methyl sites for hydroxylation is 18. The van der Waals surface area contributed by atoms with E-state index in [4.69, 9.17) is 22.4 Å². The molecule has 0 bridgehead atoms. The van der Waals surface area contributed by atoms with E-state index in [0.717, 1.165) is 158 Å². The van der Waals surface area contributed by atoms with Gasteiger partial charge in [0.15, 0.2) is 28.9 Å². The third kappa shape index (κ3) is 34.0. The van der Waals surface area contributed by atoms with Gasteiger partial charge in [-0.25, -0.2) is 82.8 Å². The number of pyridine rings is 6. The number of nitrogens with one attached hydrogen (secondary N) is 3. The smallest absolute Gasteiger partial charge is 0.338 e. The van der Waals surface area contributed by atoms with Crippen LogP contribution in [-0.2, 0) is 51.4 Å². The van der Waals surface area contributed by atoms with Crippen molar-refractivity contribution in [3.8, 4) is 0 Å². The highest BCUT2D eigenvalue weighted by molar-refractivity contribution is 9.10. The molecular weight excluding hydrogens is 1970 g/mol. The fourth-order valence-corrected chi connectivity index (χ4v) is 17.8. The number of H-pyrrole nitrogens is 3. The number of fused-ring (bicyclic) bond motifs is 3. The van der Waals surface area contributed by atoms with E-state index in [9.17, 15) is 41.9 Å². The number of ketones is 5. The van der Waals surface area contributed by atoms with Crippen LogP contribution in [0.15, 0.2) is 200 Å². The van der Waals surface area contributed by atoms with Crippen molar-refractivity contribution in [3.05, 3.63) is 415 Å². The molecule has 0 saturated carbocycles. The van der Waals surface area contributed by atoms with Gasteiger partial charge in [0.2, 0.25) is 5.95 Å². The molecule has 0 fully saturated rings. The van der Waals surface area contributed by atoms with Crippen molar-refractivity contribution in [2.75, 3.05) is 5.73 Å². The Morgan fingerprint density at radius 1 is 0.329 bits per heavy atom. The molecule has 0 aliphatic rings. The molecule has 3 aromatic carbocycles. The lowest BCUT2D eigenvalue weighted by atomic mass is 10.0. The zero-order valence-corrected chi connectivity index (χ0v) is 88.6. The van der Waals surface area contributed by atoms with Crippen LogP contribution in [0.5, 0.6) is 0 Å². The fraction of sp³-hybridized carbons (Fsp3) is 0.270. The number of aromatic carboxylic acids is 1. The fourth-order valence-electron chi connectivity index (χ4n) is 16.9. The highest BCUT2D eigenvalue weighted by Crippen LogP contribution is 2.31. The topological polar surface area (TPSA) is 428 Å². The normalized spacial score (nSPS) is 10.8. The maximum Gasteiger partial charge on any atom is 0.338 e. The number of benzene rings is 3. The second-order valence-corrected chi connectivity index (χ2v) is 38.0. The van der Waals surface area contributed by atoms with Gasteiger partial charge in [0.25, 0.3) is 0 Å². The number of nitrogens with zero attached hydrogens (tertiary/aromatic N) is 18. The predicted octanol–water partition coefficient (Wildman–Crippen LogP) is 23.1. The number of hydrogen-bond donors (Lipinski definition) is 5. The van der Waals surface area contributed by atoms with Crippen LogP contribution in [0.2, 0.25) is 5.02 Å². The number of halogens is 5. The third-order valence-electron chi connectivity index (χ3n) is 23.5. The number of rotatable bonds is 28. The van der Waals surface area contributed by atoms with Gasteiger partial charge in [0.05, 0.1) is 71.0 Å². The molecule has 0 saturated heterocycles. The standard InChI is InChI=1S/C25H25ClN4O.C25H24F2N4O.C25H25FN4O.C14H15N3O.C13H13N3O2.C7H8BrN.C6H7N3O/c1-15-9-16(2)29-20(10-15)12-25-27-13-18(14-28-25)24(31)6-4-5-21-17(3)30-23-8-7-19(26)11-22(21)23;1-14-7-15(2)30-19(8-14)11-24-28-12-17(13-29-24)23(32)6-4-5-20-16(3)31-25-21(20)9-18(26)10-22(25)27;1-15-9-16(2)29-20(10-15)12-25-27-13-18(14-28-25)24(31)6-4-5-21-17(3)30-23-8-7-19(26)11-22(21)23;1-9-4-10(2)17-13(5-9)6-14-15-7-12(8-16-14)11(3)18;1-8-3-9(2)16-11(4-8)5-12-14-6-10(7-15-12)13(17)18;1-5-3-6(2)9-7(8)4-5;1-4(10)5-2-8-6(7)9-3-5/h7-11,13-14,30H,4-6,12H2,1-3H3;7-10,12-13,31H,4-6,11H2,1-3H3;7-11,13-14,30H,4-6,12H2,1-3H3;4-5,7-8H,6H2,1-3H3;3-4,6-7H,5H2,1-2H3,(H,17,18);3-4H,1-2H3;2-3H,1H3,(H2,7,8,9). The third-order valence-corrected chi connectivity index (χ3v) is 24.2. The van der Waals surface area contributed by atoms with E-state index in [0.29, 0.717) is 145 Å². The Kier molecular flexibility index (Phi) is 39.5. The van der Waals surface area contributed by atoms with Gasteiger partial charge < -0.3 is 25.8 Å². The van der Waals surface area contributed by atoms with E-state index in [2.05, 4.69) is 134 Å². The van der Waals surface area contributed by atoms with Crippen LogP contribution >= 0.6 is 27.5 Å². The van der Waals surface area contributed by atoms with Crippen LogP contribution in [0.3, 0.4) is 0 Å². The van der Waals surface area contributed by atoms with Crippen molar-refractivity contribution >= 4 is 101 Å². The Balaban J connectivity index is 0.000000160. The summed E-state index contributed by atoms with van der Waals surface area (Å²) >= 11 is 9.46. The maximum absolute atomic E-state index is 14.0. The first-order valence-corrected chi connectivity index (χ1v) is 49.5. The first kappa shape index (κ1) is 112. The molecule has 0 aliphatic carbocycles. The van der Waals surface area contributed by atoms with Crippen LogP contribution in [0, 0.1) is 121 Å². The van der Waals surface area contributed by atoms with Crippen LogP contribution in [0.25, 0.3) is 32.7 Å². The molecule has 149 heavy (non-hydrogen) atoms. The summed E-state index contributed by atoms with van der Waals surface area (Å²) in [6, 6.07) is 37.0. The number of nitrogen functional groups attached to an aromatic ring is 1. The predicted molar refractivity (Wildman–Crippen MR) is 573 cm³/mol. The Morgan fingerprint density at radius 2 is 0.611 bits per heavy atom. The van der Waals surface area contributed by atoms with E-state index in [1.165, 1.54) is 73.0 Å². The molecule has 6 N–H and O–H groups in total. The molecule has 18 rings (SSSR count). The number of anilines is 1. The molecule has 0 amide bonds. The maximum atomic E-state index is 14.0. The van der Waals surface area contributed by atoms with Crippen molar-refractivity contribution in [1.29, 1.82) is 0 Å². The SMILES string of the molecule is CC(=O)c1cnc(Cc2cc(C)cc(C)n2)nc1.CC(=O)c1cnc(N)nc1.Cc1cc(C)nc(Br)c1.Cc1cc(C)nc(Cc2ncc(C(=O)CCCc3c(C)[nH]c4c(F)cc(F)cc34)cn2)c1.Cc1cc(C)nc(Cc2ncc(C(=O)CCCc3c(C)[nH]c4ccc(Cl)cc34)cn2)c1.Cc1cc(C)nc(Cc2ncc(C(=O)CCCc3c(C)[nH]c4ccc(F)cc34)cn2)c1.Cc1cc(C)nc(Cc2ncc(C(=O)O)cn2)c1. The number of aromatic nitrogens is 21. The highest BCUT2D eigenvalue weighted by Gasteiger charge is 2.21.